The molecule has 0 aliphatic rings. The molecule has 0 aliphatic heterocycles. The van der Waals surface area contributed by atoms with Crippen LogP contribution in [0, 0.1) is 0 Å². The van der Waals surface area contributed by atoms with Crippen molar-refractivity contribution in [3.63, 3.8) is 0 Å². The smallest absolute Gasteiger partial charge is 0.165 e. The molecule has 0 aliphatic carbocycles. The molecule has 0 bridgehead atoms. The minimum absolute atomic E-state index is 0.450. The third kappa shape index (κ3) is 5.73. The van der Waals surface area contributed by atoms with E-state index in [1.165, 1.54) is 25.7 Å². The van der Waals surface area contributed by atoms with Gasteiger partial charge in [0.15, 0.2) is 11.5 Å². The maximum Gasteiger partial charge on any atom is 0.165 e. The molecule has 0 spiro atoms. The highest BCUT2D eigenvalue weighted by Crippen LogP contribution is 2.32. The van der Waals surface area contributed by atoms with Crippen molar-refractivity contribution in [3.8, 4) is 11.5 Å². The molecule has 1 aromatic carbocycles. The molecule has 0 saturated carbocycles. The van der Waals surface area contributed by atoms with Crippen molar-refractivity contribution < 1.29 is 9.47 Å². The number of para-hydroxylation sites is 1. The van der Waals surface area contributed by atoms with Crippen LogP contribution in [0.2, 0.25) is 0 Å². The lowest BCUT2D eigenvalue weighted by Crippen LogP contribution is -2.03. The van der Waals surface area contributed by atoms with Crippen LogP contribution in [0.5, 0.6) is 11.5 Å². The van der Waals surface area contributed by atoms with Crippen molar-refractivity contribution in [2.45, 2.75) is 51.8 Å². The summed E-state index contributed by atoms with van der Waals surface area (Å²) >= 11 is 5.95. The third-order valence-electron chi connectivity index (χ3n) is 3.00. The molecule has 1 aromatic rings. The number of unbranched alkanes of at least 4 members (excludes halogenated alkanes) is 4. The van der Waals surface area contributed by atoms with Crippen LogP contribution in [0.4, 0.5) is 0 Å². The van der Waals surface area contributed by atoms with Crippen molar-refractivity contribution in [1.29, 1.82) is 0 Å². The number of hydrogen-bond acceptors (Lipinski definition) is 2. The Morgan fingerprint density at radius 1 is 1.00 bits per heavy atom. The first-order valence-electron chi connectivity index (χ1n) is 7.26. The molecule has 0 heterocycles. The van der Waals surface area contributed by atoms with Crippen LogP contribution >= 0.6 is 11.6 Å². The average molecular weight is 285 g/mol. The molecule has 2 nitrogen and oxygen atoms in total. The van der Waals surface area contributed by atoms with E-state index in [1.54, 1.807) is 0 Å². The van der Waals surface area contributed by atoms with Crippen LogP contribution < -0.4 is 9.47 Å². The van der Waals surface area contributed by atoms with Gasteiger partial charge in [-0.25, -0.2) is 0 Å². The summed E-state index contributed by atoms with van der Waals surface area (Å²) in [6.45, 7) is 5.57. The van der Waals surface area contributed by atoms with E-state index in [0.29, 0.717) is 12.5 Å². The Kier molecular flexibility index (Phi) is 8.48. The third-order valence-corrected chi connectivity index (χ3v) is 3.29. The second kappa shape index (κ2) is 9.96. The minimum Gasteiger partial charge on any atom is -0.490 e. The molecule has 0 unspecified atom stereocenters. The number of alkyl halides is 1. The van der Waals surface area contributed by atoms with Crippen LogP contribution in [-0.4, -0.2) is 13.2 Å². The standard InChI is InChI=1S/C16H25ClO2/c1-3-5-6-7-8-12-19-16-14(13-17)10-9-11-15(16)18-4-2/h9-11H,3-8,12-13H2,1-2H3. The van der Waals surface area contributed by atoms with E-state index in [-0.39, 0.29) is 0 Å². The summed E-state index contributed by atoms with van der Waals surface area (Å²) in [5.74, 6) is 2.07. The fourth-order valence-electron chi connectivity index (χ4n) is 1.98. The molecule has 0 N–H and O–H groups in total. The minimum atomic E-state index is 0.450. The Labute approximate surface area is 122 Å². The SMILES string of the molecule is CCCCCCCOc1c(CCl)cccc1OCC. The summed E-state index contributed by atoms with van der Waals surface area (Å²) in [6.07, 6.45) is 6.17. The summed E-state index contributed by atoms with van der Waals surface area (Å²) in [5.41, 5.74) is 1.00. The molecule has 0 amide bonds. The van der Waals surface area contributed by atoms with Gasteiger partial charge in [-0.05, 0) is 19.4 Å². The van der Waals surface area contributed by atoms with Crippen molar-refractivity contribution >= 4 is 11.6 Å². The van der Waals surface area contributed by atoms with Crippen LogP contribution in [-0.2, 0) is 5.88 Å². The average Bonchev–Trinajstić information content (AvgIpc) is 2.44. The number of hydrogen-bond donors (Lipinski definition) is 0. The van der Waals surface area contributed by atoms with Gasteiger partial charge in [-0.3, -0.25) is 0 Å². The summed E-state index contributed by atoms with van der Waals surface area (Å²) in [7, 11) is 0. The Morgan fingerprint density at radius 2 is 1.79 bits per heavy atom. The first-order chi connectivity index (χ1) is 9.33. The number of ether oxygens (including phenoxy) is 2. The van der Waals surface area contributed by atoms with Crippen LogP contribution in [0.15, 0.2) is 18.2 Å². The van der Waals surface area contributed by atoms with Gasteiger partial charge >= 0.3 is 0 Å². The maximum atomic E-state index is 5.95. The highest BCUT2D eigenvalue weighted by molar-refractivity contribution is 6.17. The summed E-state index contributed by atoms with van der Waals surface area (Å²) in [6, 6.07) is 5.88. The maximum absolute atomic E-state index is 5.95. The number of benzene rings is 1. The van der Waals surface area contributed by atoms with Gasteiger partial charge in [0.2, 0.25) is 0 Å². The van der Waals surface area contributed by atoms with E-state index in [9.17, 15) is 0 Å². The topological polar surface area (TPSA) is 18.5 Å². The highest BCUT2D eigenvalue weighted by atomic mass is 35.5. The van der Waals surface area contributed by atoms with Gasteiger partial charge in [-0.1, -0.05) is 44.7 Å². The summed E-state index contributed by atoms with van der Waals surface area (Å²) in [5, 5.41) is 0. The quantitative estimate of drug-likeness (QED) is 0.436. The normalized spacial score (nSPS) is 10.5. The van der Waals surface area contributed by atoms with Crippen LogP contribution in [0.25, 0.3) is 0 Å². The van der Waals surface area contributed by atoms with Crippen molar-refractivity contribution in [1.82, 2.24) is 0 Å². The predicted molar refractivity (Wildman–Crippen MR) is 81.4 cm³/mol. The van der Waals surface area contributed by atoms with E-state index >= 15 is 0 Å². The fraction of sp³-hybridized carbons (Fsp3) is 0.625. The van der Waals surface area contributed by atoms with E-state index < -0.39 is 0 Å². The van der Waals surface area contributed by atoms with Gasteiger partial charge in [0, 0.05) is 5.56 Å². The molecule has 19 heavy (non-hydrogen) atoms. The Hall–Kier alpha value is -0.890. The largest absolute Gasteiger partial charge is 0.490 e. The second-order valence-corrected chi connectivity index (χ2v) is 4.84. The van der Waals surface area contributed by atoms with Gasteiger partial charge in [0.25, 0.3) is 0 Å². The molecule has 108 valence electrons. The zero-order valence-corrected chi connectivity index (χ0v) is 12.8. The molecular weight excluding hydrogens is 260 g/mol. The zero-order valence-electron chi connectivity index (χ0n) is 12.1. The monoisotopic (exact) mass is 284 g/mol. The second-order valence-electron chi connectivity index (χ2n) is 4.57. The van der Waals surface area contributed by atoms with Gasteiger partial charge in [0.1, 0.15) is 0 Å². The molecule has 3 heteroatoms. The van der Waals surface area contributed by atoms with E-state index in [2.05, 4.69) is 6.92 Å². The zero-order chi connectivity index (χ0) is 13.9. The summed E-state index contributed by atoms with van der Waals surface area (Å²) in [4.78, 5) is 0. The fourth-order valence-corrected chi connectivity index (χ4v) is 2.19. The Bertz CT molecular complexity index is 353. The molecule has 0 fully saturated rings. The molecular formula is C16H25ClO2. The lowest BCUT2D eigenvalue weighted by molar-refractivity contribution is 0.268. The van der Waals surface area contributed by atoms with E-state index in [0.717, 1.165) is 30.1 Å². The highest BCUT2D eigenvalue weighted by Gasteiger charge is 2.10. The number of rotatable bonds is 10. The predicted octanol–water partition coefficient (Wildman–Crippen LogP) is 5.17. The van der Waals surface area contributed by atoms with Gasteiger partial charge in [-0.2, -0.15) is 0 Å². The lowest BCUT2D eigenvalue weighted by atomic mass is 10.1. The summed E-state index contributed by atoms with van der Waals surface area (Å²) < 4.78 is 11.5. The first kappa shape index (κ1) is 16.2. The van der Waals surface area contributed by atoms with Crippen molar-refractivity contribution in [3.05, 3.63) is 23.8 Å². The van der Waals surface area contributed by atoms with E-state index in [4.69, 9.17) is 21.1 Å². The van der Waals surface area contributed by atoms with Gasteiger partial charge in [0.05, 0.1) is 19.1 Å². The van der Waals surface area contributed by atoms with Gasteiger partial charge in [-0.15, -0.1) is 11.6 Å². The lowest BCUT2D eigenvalue weighted by Gasteiger charge is -2.14. The van der Waals surface area contributed by atoms with Crippen molar-refractivity contribution in [2.75, 3.05) is 13.2 Å². The first-order valence-corrected chi connectivity index (χ1v) is 7.80. The molecule has 0 saturated heterocycles. The Balaban J connectivity index is 2.50. The van der Waals surface area contributed by atoms with E-state index in [1.807, 2.05) is 25.1 Å². The van der Waals surface area contributed by atoms with Crippen LogP contribution in [0.3, 0.4) is 0 Å². The van der Waals surface area contributed by atoms with Crippen molar-refractivity contribution in [2.24, 2.45) is 0 Å². The molecule has 0 atom stereocenters. The molecule has 0 aromatic heterocycles. The van der Waals surface area contributed by atoms with Gasteiger partial charge < -0.3 is 9.47 Å². The molecule has 1 rings (SSSR count). The van der Waals surface area contributed by atoms with Crippen LogP contribution in [0.1, 0.15) is 51.5 Å². The Morgan fingerprint density at radius 3 is 2.47 bits per heavy atom. The molecule has 0 radical (unpaired) electrons. The number of halogens is 1.